The fourth-order valence-electron chi connectivity index (χ4n) is 1.50. The molecule has 0 radical (unpaired) electrons. The molecule has 0 saturated heterocycles. The molecule has 2 rings (SSSR count). The van der Waals surface area contributed by atoms with Crippen LogP contribution in [0, 0.1) is 0 Å². The number of aryl methyl sites for hydroxylation is 1. The summed E-state index contributed by atoms with van der Waals surface area (Å²) in [6, 6.07) is 3.74. The molecule has 2 aromatic rings. The van der Waals surface area contributed by atoms with Gasteiger partial charge in [-0.15, -0.1) is 0 Å². The van der Waals surface area contributed by atoms with Gasteiger partial charge in [-0.05, 0) is 26.0 Å². The second-order valence-electron chi connectivity index (χ2n) is 4.20. The van der Waals surface area contributed by atoms with Crippen LogP contribution < -0.4 is 10.1 Å². The van der Waals surface area contributed by atoms with E-state index >= 15 is 0 Å². The number of hydrogen-bond acceptors (Lipinski definition) is 5. The molecule has 0 aliphatic carbocycles. The summed E-state index contributed by atoms with van der Waals surface area (Å²) in [4.78, 5) is 8.40. The van der Waals surface area contributed by atoms with E-state index < -0.39 is 0 Å². The van der Waals surface area contributed by atoms with Gasteiger partial charge in [0.1, 0.15) is 6.33 Å². The van der Waals surface area contributed by atoms with Crippen LogP contribution in [0.2, 0.25) is 0 Å². The van der Waals surface area contributed by atoms with Crippen LogP contribution >= 0.6 is 0 Å². The summed E-state index contributed by atoms with van der Waals surface area (Å²) >= 11 is 0. The van der Waals surface area contributed by atoms with Gasteiger partial charge < -0.3 is 10.1 Å². The van der Waals surface area contributed by atoms with Crippen molar-refractivity contribution < 1.29 is 4.74 Å². The van der Waals surface area contributed by atoms with Crippen LogP contribution in [0.15, 0.2) is 24.7 Å². The average Bonchev–Trinajstić information content (AvgIpc) is 2.73. The summed E-state index contributed by atoms with van der Waals surface area (Å²) in [6.45, 7) is 4.49. The zero-order valence-corrected chi connectivity index (χ0v) is 10.8. The van der Waals surface area contributed by atoms with E-state index in [1.165, 1.54) is 0 Å². The van der Waals surface area contributed by atoms with Crippen molar-refractivity contribution in [2.75, 3.05) is 5.32 Å². The highest BCUT2D eigenvalue weighted by atomic mass is 16.5. The molecule has 2 aromatic heterocycles. The molecule has 6 nitrogen and oxygen atoms in total. The van der Waals surface area contributed by atoms with Crippen molar-refractivity contribution in [3.8, 4) is 5.75 Å². The number of rotatable bonds is 5. The van der Waals surface area contributed by atoms with Crippen molar-refractivity contribution in [3.63, 3.8) is 0 Å². The molecule has 1 N–H and O–H groups in total. The molecule has 18 heavy (non-hydrogen) atoms. The molecule has 0 bridgehead atoms. The lowest BCUT2D eigenvalue weighted by atomic mass is 10.4. The van der Waals surface area contributed by atoms with Crippen LogP contribution in [0.4, 0.5) is 5.82 Å². The Morgan fingerprint density at radius 2 is 2.22 bits per heavy atom. The van der Waals surface area contributed by atoms with Crippen LogP contribution in [0.25, 0.3) is 0 Å². The first-order chi connectivity index (χ1) is 8.65. The highest BCUT2D eigenvalue weighted by Crippen LogP contribution is 2.22. The Morgan fingerprint density at radius 3 is 2.89 bits per heavy atom. The van der Waals surface area contributed by atoms with Crippen LogP contribution in [-0.2, 0) is 13.6 Å². The molecule has 0 saturated carbocycles. The van der Waals surface area contributed by atoms with E-state index in [9.17, 15) is 0 Å². The predicted molar refractivity (Wildman–Crippen MR) is 68.3 cm³/mol. The van der Waals surface area contributed by atoms with E-state index in [0.717, 1.165) is 11.6 Å². The van der Waals surface area contributed by atoms with Crippen molar-refractivity contribution in [1.82, 2.24) is 19.7 Å². The monoisotopic (exact) mass is 247 g/mol. The molecule has 0 atom stereocenters. The minimum Gasteiger partial charge on any atom is -0.487 e. The molecule has 0 amide bonds. The molecular formula is C12H17N5O. The van der Waals surface area contributed by atoms with Gasteiger partial charge in [0.2, 0.25) is 0 Å². The van der Waals surface area contributed by atoms with Crippen molar-refractivity contribution in [2.24, 2.45) is 7.05 Å². The summed E-state index contributed by atoms with van der Waals surface area (Å²) in [5, 5.41) is 7.36. The first kappa shape index (κ1) is 12.3. The smallest absolute Gasteiger partial charge is 0.169 e. The number of hydrogen-bond donors (Lipinski definition) is 1. The van der Waals surface area contributed by atoms with Gasteiger partial charge in [-0.3, -0.25) is 4.68 Å². The maximum Gasteiger partial charge on any atom is 0.169 e. The molecule has 0 aromatic carbocycles. The first-order valence-electron chi connectivity index (χ1n) is 5.85. The van der Waals surface area contributed by atoms with Crippen molar-refractivity contribution in [1.29, 1.82) is 0 Å². The largest absolute Gasteiger partial charge is 0.487 e. The Kier molecular flexibility index (Phi) is 3.76. The minimum atomic E-state index is 0.114. The highest BCUT2D eigenvalue weighted by molar-refractivity contribution is 5.49. The second-order valence-corrected chi connectivity index (χ2v) is 4.20. The van der Waals surface area contributed by atoms with E-state index in [2.05, 4.69) is 20.4 Å². The summed E-state index contributed by atoms with van der Waals surface area (Å²) in [5.41, 5.74) is 0. The first-order valence-corrected chi connectivity index (χ1v) is 5.85. The topological polar surface area (TPSA) is 64.9 Å². The summed E-state index contributed by atoms with van der Waals surface area (Å²) < 4.78 is 7.34. The average molecular weight is 247 g/mol. The normalized spacial score (nSPS) is 10.7. The van der Waals surface area contributed by atoms with Crippen LogP contribution in [0.5, 0.6) is 5.75 Å². The van der Waals surface area contributed by atoms with Gasteiger partial charge in [-0.25, -0.2) is 9.97 Å². The minimum absolute atomic E-state index is 0.114. The lowest BCUT2D eigenvalue weighted by Crippen LogP contribution is -2.10. The lowest BCUT2D eigenvalue weighted by molar-refractivity contribution is 0.243. The van der Waals surface area contributed by atoms with E-state index in [1.807, 2.05) is 33.0 Å². The predicted octanol–water partition coefficient (Wildman–Crippen LogP) is 1.61. The number of ether oxygens (including phenoxy) is 1. The number of anilines is 1. The molecule has 0 unspecified atom stereocenters. The highest BCUT2D eigenvalue weighted by Gasteiger charge is 2.07. The van der Waals surface area contributed by atoms with Gasteiger partial charge in [-0.1, -0.05) is 0 Å². The Hall–Kier alpha value is -2.11. The molecule has 0 aliphatic rings. The number of nitrogens with one attached hydrogen (secondary N) is 1. The van der Waals surface area contributed by atoms with E-state index in [0.29, 0.717) is 12.4 Å². The molecule has 96 valence electrons. The Balaban J connectivity index is 2.04. The number of aromatic nitrogens is 4. The van der Waals surface area contributed by atoms with Gasteiger partial charge >= 0.3 is 0 Å². The van der Waals surface area contributed by atoms with E-state index in [-0.39, 0.29) is 6.10 Å². The molecule has 0 fully saturated rings. The van der Waals surface area contributed by atoms with Gasteiger partial charge in [0, 0.05) is 13.2 Å². The Morgan fingerprint density at radius 1 is 1.39 bits per heavy atom. The fraction of sp³-hybridized carbons (Fsp3) is 0.417. The Labute approximate surface area is 106 Å². The van der Waals surface area contributed by atoms with Crippen LogP contribution in [0.3, 0.4) is 0 Å². The second kappa shape index (κ2) is 5.48. The third-order valence-electron chi connectivity index (χ3n) is 2.19. The SMILES string of the molecule is CC(C)Oc1cccnc1NCc1ncn(C)n1. The fourth-order valence-corrected chi connectivity index (χ4v) is 1.50. The summed E-state index contributed by atoms with van der Waals surface area (Å²) in [5.74, 6) is 2.17. The van der Waals surface area contributed by atoms with Crippen molar-refractivity contribution in [3.05, 3.63) is 30.5 Å². The number of pyridine rings is 1. The lowest BCUT2D eigenvalue weighted by Gasteiger charge is -2.13. The van der Waals surface area contributed by atoms with Crippen molar-refractivity contribution >= 4 is 5.82 Å². The Bertz CT molecular complexity index is 509. The third-order valence-corrected chi connectivity index (χ3v) is 2.19. The van der Waals surface area contributed by atoms with Gasteiger partial charge in [0.25, 0.3) is 0 Å². The van der Waals surface area contributed by atoms with Gasteiger partial charge in [0.05, 0.1) is 12.6 Å². The molecular weight excluding hydrogens is 230 g/mol. The standard InChI is InChI=1S/C12H17N5O/c1-9(2)18-10-5-4-6-13-12(10)14-7-11-15-8-17(3)16-11/h4-6,8-9H,7H2,1-3H3,(H,13,14). The van der Waals surface area contributed by atoms with E-state index in [1.54, 1.807) is 17.2 Å². The molecule has 0 aliphatic heterocycles. The third kappa shape index (κ3) is 3.19. The maximum absolute atomic E-state index is 5.67. The zero-order valence-electron chi connectivity index (χ0n) is 10.8. The molecule has 0 spiro atoms. The number of nitrogens with zero attached hydrogens (tertiary/aromatic N) is 4. The van der Waals surface area contributed by atoms with Gasteiger partial charge in [0.15, 0.2) is 17.4 Å². The van der Waals surface area contributed by atoms with Crippen LogP contribution in [0.1, 0.15) is 19.7 Å². The molecule has 2 heterocycles. The summed E-state index contributed by atoms with van der Waals surface area (Å²) in [6.07, 6.45) is 3.50. The quantitative estimate of drug-likeness (QED) is 0.869. The van der Waals surface area contributed by atoms with Gasteiger partial charge in [-0.2, -0.15) is 5.10 Å². The van der Waals surface area contributed by atoms with Crippen molar-refractivity contribution in [2.45, 2.75) is 26.5 Å². The maximum atomic E-state index is 5.67. The van der Waals surface area contributed by atoms with Crippen LogP contribution in [-0.4, -0.2) is 25.9 Å². The molecule has 6 heteroatoms. The van der Waals surface area contributed by atoms with E-state index in [4.69, 9.17) is 4.74 Å². The summed E-state index contributed by atoms with van der Waals surface area (Å²) in [7, 11) is 1.84. The zero-order chi connectivity index (χ0) is 13.0.